The summed E-state index contributed by atoms with van der Waals surface area (Å²) in [5.41, 5.74) is 6.05. The van der Waals surface area contributed by atoms with Gasteiger partial charge in [0, 0.05) is 13.1 Å². The van der Waals surface area contributed by atoms with Gasteiger partial charge in [-0.05, 0) is 44.2 Å². The Balaban J connectivity index is 1.51. The first-order valence-corrected chi connectivity index (χ1v) is 10.2. The standard InChI is InChI=1S/C22H27N3O4/c1-15-18(13-28-17-6-3-2-4-7-17)19(24-29-15)20(26)25-11-5-10-22(14-25,21(23)27)12-16-8-9-16/h2-4,6-7,16H,5,8-14H2,1H3,(H2,23,27). The number of nitrogens with zero attached hydrogens (tertiary/aromatic N) is 2. The molecular weight excluding hydrogens is 370 g/mol. The number of aromatic nitrogens is 1. The number of carbonyl (C=O) groups excluding carboxylic acids is 2. The predicted octanol–water partition coefficient (Wildman–Crippen LogP) is 3.07. The summed E-state index contributed by atoms with van der Waals surface area (Å²) in [6, 6.07) is 9.40. The Morgan fingerprint density at radius 3 is 2.76 bits per heavy atom. The van der Waals surface area contributed by atoms with Gasteiger partial charge in [-0.3, -0.25) is 9.59 Å². The molecule has 1 saturated carbocycles. The lowest BCUT2D eigenvalue weighted by Crippen LogP contribution is -2.52. The molecule has 0 spiro atoms. The highest BCUT2D eigenvalue weighted by Gasteiger charge is 2.46. The van der Waals surface area contributed by atoms with Gasteiger partial charge < -0.3 is 19.9 Å². The molecule has 7 heteroatoms. The summed E-state index contributed by atoms with van der Waals surface area (Å²) >= 11 is 0. The Morgan fingerprint density at radius 1 is 1.31 bits per heavy atom. The molecule has 2 aromatic rings. The van der Waals surface area contributed by atoms with Crippen LogP contribution < -0.4 is 10.5 Å². The molecule has 1 aliphatic heterocycles. The zero-order valence-corrected chi connectivity index (χ0v) is 16.7. The van der Waals surface area contributed by atoms with Crippen molar-refractivity contribution in [3.8, 4) is 5.75 Å². The third-order valence-electron chi connectivity index (χ3n) is 6.08. The molecule has 29 heavy (non-hydrogen) atoms. The lowest BCUT2D eigenvalue weighted by Gasteiger charge is -2.40. The quantitative estimate of drug-likeness (QED) is 0.774. The van der Waals surface area contributed by atoms with Gasteiger partial charge in [0.1, 0.15) is 18.1 Å². The maximum atomic E-state index is 13.3. The van der Waals surface area contributed by atoms with Gasteiger partial charge in [0.15, 0.2) is 5.69 Å². The molecule has 4 rings (SSSR count). The largest absolute Gasteiger partial charge is 0.489 e. The second-order valence-electron chi connectivity index (χ2n) is 8.29. The van der Waals surface area contributed by atoms with Crippen molar-refractivity contribution in [2.24, 2.45) is 17.1 Å². The van der Waals surface area contributed by atoms with Crippen LogP contribution in [0, 0.1) is 18.3 Å². The van der Waals surface area contributed by atoms with Crippen LogP contribution in [0.3, 0.4) is 0 Å². The van der Waals surface area contributed by atoms with E-state index in [1.54, 1.807) is 11.8 Å². The van der Waals surface area contributed by atoms with Crippen molar-refractivity contribution >= 4 is 11.8 Å². The average Bonchev–Trinajstić information content (AvgIpc) is 3.46. The number of nitrogens with two attached hydrogens (primary N) is 1. The summed E-state index contributed by atoms with van der Waals surface area (Å²) in [5.74, 6) is 1.30. The highest BCUT2D eigenvalue weighted by molar-refractivity contribution is 5.94. The highest BCUT2D eigenvalue weighted by atomic mass is 16.5. The number of piperidine rings is 1. The maximum absolute atomic E-state index is 13.3. The number of carbonyl (C=O) groups is 2. The molecule has 1 atom stereocenters. The van der Waals surface area contributed by atoms with E-state index >= 15 is 0 Å². The fourth-order valence-electron chi connectivity index (χ4n) is 4.20. The molecule has 1 unspecified atom stereocenters. The van der Waals surface area contributed by atoms with E-state index in [0.717, 1.165) is 32.1 Å². The van der Waals surface area contributed by atoms with E-state index in [-0.39, 0.29) is 24.1 Å². The van der Waals surface area contributed by atoms with Crippen LogP contribution in [-0.4, -0.2) is 35.0 Å². The normalized spacial score (nSPS) is 21.8. The lowest BCUT2D eigenvalue weighted by atomic mass is 9.75. The third kappa shape index (κ3) is 4.13. The number of benzene rings is 1. The third-order valence-corrected chi connectivity index (χ3v) is 6.08. The van der Waals surface area contributed by atoms with Crippen molar-refractivity contribution in [3.05, 3.63) is 47.3 Å². The van der Waals surface area contributed by atoms with E-state index in [1.165, 1.54) is 0 Å². The van der Waals surface area contributed by atoms with Crippen molar-refractivity contribution in [3.63, 3.8) is 0 Å². The number of aryl methyl sites for hydroxylation is 1. The molecule has 2 aliphatic rings. The molecule has 154 valence electrons. The first-order valence-electron chi connectivity index (χ1n) is 10.2. The zero-order chi connectivity index (χ0) is 20.4. The van der Waals surface area contributed by atoms with Crippen LogP contribution in [0.4, 0.5) is 0 Å². The summed E-state index contributed by atoms with van der Waals surface area (Å²) in [4.78, 5) is 27.3. The van der Waals surface area contributed by atoms with Crippen LogP contribution in [-0.2, 0) is 11.4 Å². The number of rotatable bonds is 7. The van der Waals surface area contributed by atoms with Crippen molar-refractivity contribution in [2.45, 2.75) is 45.6 Å². The minimum atomic E-state index is -0.630. The molecule has 2 heterocycles. The number of ether oxygens (including phenoxy) is 1. The Labute approximate surface area is 170 Å². The number of hydrogen-bond acceptors (Lipinski definition) is 5. The van der Waals surface area contributed by atoms with Crippen LogP contribution in [0.15, 0.2) is 34.9 Å². The topological polar surface area (TPSA) is 98.7 Å². The Hall–Kier alpha value is -2.83. The van der Waals surface area contributed by atoms with Crippen LogP contribution in [0.5, 0.6) is 5.75 Å². The number of amides is 2. The van der Waals surface area contributed by atoms with E-state index in [9.17, 15) is 9.59 Å². The summed E-state index contributed by atoms with van der Waals surface area (Å²) in [6.07, 6.45) is 4.56. The van der Waals surface area contributed by atoms with E-state index in [0.29, 0.717) is 36.1 Å². The second-order valence-corrected chi connectivity index (χ2v) is 8.29. The van der Waals surface area contributed by atoms with E-state index in [1.807, 2.05) is 30.3 Å². The molecular formula is C22H27N3O4. The van der Waals surface area contributed by atoms with Gasteiger partial charge in [-0.2, -0.15) is 0 Å². The van der Waals surface area contributed by atoms with Gasteiger partial charge in [0.25, 0.3) is 5.91 Å². The highest BCUT2D eigenvalue weighted by Crippen LogP contribution is 2.44. The van der Waals surface area contributed by atoms with Crippen molar-refractivity contribution < 1.29 is 18.8 Å². The molecule has 2 fully saturated rings. The molecule has 7 nitrogen and oxygen atoms in total. The number of hydrogen-bond donors (Lipinski definition) is 1. The van der Waals surface area contributed by atoms with Crippen LogP contribution in [0.1, 0.15) is 53.9 Å². The Morgan fingerprint density at radius 2 is 2.07 bits per heavy atom. The fourth-order valence-corrected chi connectivity index (χ4v) is 4.20. The number of likely N-dealkylation sites (tertiary alicyclic amines) is 1. The molecule has 2 N–H and O–H groups in total. The number of primary amides is 1. The fraction of sp³-hybridized carbons (Fsp3) is 0.500. The average molecular weight is 397 g/mol. The Kier molecular flexibility index (Phi) is 5.30. The van der Waals surface area contributed by atoms with Gasteiger partial charge in [-0.15, -0.1) is 0 Å². The van der Waals surface area contributed by atoms with E-state index in [2.05, 4.69) is 5.16 Å². The van der Waals surface area contributed by atoms with Gasteiger partial charge >= 0.3 is 0 Å². The lowest BCUT2D eigenvalue weighted by molar-refractivity contribution is -0.131. The molecule has 1 aromatic heterocycles. The smallest absolute Gasteiger partial charge is 0.276 e. The summed E-state index contributed by atoms with van der Waals surface area (Å²) < 4.78 is 11.1. The minimum Gasteiger partial charge on any atom is -0.489 e. The van der Waals surface area contributed by atoms with Gasteiger partial charge in [0.2, 0.25) is 5.91 Å². The summed E-state index contributed by atoms with van der Waals surface area (Å²) in [7, 11) is 0. The van der Waals surface area contributed by atoms with Gasteiger partial charge in [-0.25, -0.2) is 0 Å². The SMILES string of the molecule is Cc1onc(C(=O)N2CCCC(CC3CC3)(C(N)=O)C2)c1COc1ccccc1. The van der Waals surface area contributed by atoms with Crippen molar-refractivity contribution in [2.75, 3.05) is 13.1 Å². The molecule has 1 aromatic carbocycles. The predicted molar refractivity (Wildman–Crippen MR) is 106 cm³/mol. The molecule has 1 saturated heterocycles. The summed E-state index contributed by atoms with van der Waals surface area (Å²) in [5, 5.41) is 4.01. The maximum Gasteiger partial charge on any atom is 0.276 e. The second kappa shape index (κ2) is 7.89. The van der Waals surface area contributed by atoms with Crippen molar-refractivity contribution in [1.29, 1.82) is 0 Å². The summed E-state index contributed by atoms with van der Waals surface area (Å²) in [6.45, 7) is 2.90. The monoisotopic (exact) mass is 397 g/mol. The minimum absolute atomic E-state index is 0.192. The first-order chi connectivity index (χ1) is 14.0. The van der Waals surface area contributed by atoms with Crippen LogP contribution in [0.25, 0.3) is 0 Å². The zero-order valence-electron chi connectivity index (χ0n) is 16.7. The molecule has 2 amide bonds. The van der Waals surface area contributed by atoms with Gasteiger partial charge in [0.05, 0.1) is 11.0 Å². The van der Waals surface area contributed by atoms with Gasteiger partial charge in [-0.1, -0.05) is 36.2 Å². The van der Waals surface area contributed by atoms with Crippen LogP contribution >= 0.6 is 0 Å². The van der Waals surface area contributed by atoms with E-state index < -0.39 is 5.41 Å². The molecule has 0 bridgehead atoms. The number of para-hydroxylation sites is 1. The van der Waals surface area contributed by atoms with Crippen molar-refractivity contribution in [1.82, 2.24) is 10.1 Å². The Bertz CT molecular complexity index is 891. The van der Waals surface area contributed by atoms with E-state index in [4.69, 9.17) is 15.0 Å². The molecule has 0 radical (unpaired) electrons. The molecule has 1 aliphatic carbocycles. The first kappa shape index (κ1) is 19.5. The van der Waals surface area contributed by atoms with Crippen LogP contribution in [0.2, 0.25) is 0 Å².